The van der Waals surface area contributed by atoms with Gasteiger partial charge < -0.3 is 4.74 Å². The summed E-state index contributed by atoms with van der Waals surface area (Å²) in [7, 11) is 0. The highest BCUT2D eigenvalue weighted by molar-refractivity contribution is 6.35. The molecule has 30 heavy (non-hydrogen) atoms. The van der Waals surface area contributed by atoms with Crippen molar-refractivity contribution in [2.24, 2.45) is 0 Å². The molecular weight excluding hydrogens is 419 g/mol. The molecule has 3 aromatic rings. The predicted octanol–water partition coefficient (Wildman–Crippen LogP) is 6.08. The molecule has 0 saturated heterocycles. The monoisotopic (exact) mass is 438 g/mol. The molecule has 5 rings (SSSR count). The fourth-order valence-electron chi connectivity index (χ4n) is 4.45. The third kappa shape index (κ3) is 3.24. The Bertz CT molecular complexity index is 1180. The normalized spacial score (nSPS) is 18.1. The molecule has 1 aliphatic heterocycles. The van der Waals surface area contributed by atoms with Gasteiger partial charge in [0.25, 0.3) is 0 Å². The van der Waals surface area contributed by atoms with Crippen molar-refractivity contribution in [3.8, 4) is 5.88 Å². The molecule has 6 heteroatoms. The molecule has 0 bridgehead atoms. The Kier molecular flexibility index (Phi) is 4.92. The Morgan fingerprint density at radius 1 is 1.13 bits per heavy atom. The number of aryl methyl sites for hydroxylation is 1. The predicted molar refractivity (Wildman–Crippen MR) is 117 cm³/mol. The van der Waals surface area contributed by atoms with E-state index in [0.29, 0.717) is 34.5 Å². The van der Waals surface area contributed by atoms with Crippen LogP contribution < -0.4 is 4.74 Å². The number of benzene rings is 2. The molecule has 0 saturated carbocycles. The first kappa shape index (κ1) is 19.4. The highest BCUT2D eigenvalue weighted by atomic mass is 35.5. The molecule has 152 valence electrons. The van der Waals surface area contributed by atoms with Gasteiger partial charge in [-0.25, -0.2) is 4.68 Å². The number of carbonyl (C=O) groups excluding carboxylic acids is 1. The molecule has 0 N–H and O–H groups in total. The number of aromatic nitrogens is 2. The first-order valence-corrected chi connectivity index (χ1v) is 10.8. The van der Waals surface area contributed by atoms with Crippen LogP contribution in [0.2, 0.25) is 10.0 Å². The summed E-state index contributed by atoms with van der Waals surface area (Å²) in [6, 6.07) is 15.6. The van der Waals surface area contributed by atoms with E-state index in [1.54, 1.807) is 6.07 Å². The summed E-state index contributed by atoms with van der Waals surface area (Å²) >= 11 is 12.8. The second kappa shape index (κ2) is 7.60. The van der Waals surface area contributed by atoms with E-state index in [9.17, 15) is 4.79 Å². The molecule has 4 nitrogen and oxygen atoms in total. The molecule has 0 radical (unpaired) electrons. The Hall–Kier alpha value is -2.56. The van der Waals surface area contributed by atoms with Crippen LogP contribution in [0.1, 0.15) is 47.6 Å². The summed E-state index contributed by atoms with van der Waals surface area (Å²) < 4.78 is 8.22. The van der Waals surface area contributed by atoms with E-state index < -0.39 is 0 Å². The van der Waals surface area contributed by atoms with Crippen LogP contribution in [-0.2, 0) is 11.3 Å². The van der Waals surface area contributed by atoms with Crippen molar-refractivity contribution in [2.45, 2.75) is 38.6 Å². The average Bonchev–Trinajstić information content (AvgIpc) is 3.03. The number of carbonyl (C=O) groups is 1. The van der Waals surface area contributed by atoms with Gasteiger partial charge in [-0.3, -0.25) is 4.79 Å². The summed E-state index contributed by atoms with van der Waals surface area (Å²) in [4.78, 5) is 13.0. The molecule has 0 amide bonds. The Morgan fingerprint density at radius 3 is 2.70 bits per heavy atom. The lowest BCUT2D eigenvalue weighted by Gasteiger charge is -2.32. The van der Waals surface area contributed by atoms with Crippen LogP contribution in [0, 0.1) is 6.92 Å². The zero-order valence-electron chi connectivity index (χ0n) is 16.5. The van der Waals surface area contributed by atoms with Crippen molar-refractivity contribution < 1.29 is 9.53 Å². The molecular formula is C24H20Cl2N2O2. The number of Topliss-reactive ketones (excluding diaryl/α,β-unsaturated/α-hetero) is 1. The molecule has 2 aliphatic rings. The number of fused-ring (bicyclic) bond motifs is 1. The number of nitrogens with zero attached hydrogens (tertiary/aromatic N) is 2. The number of ether oxygens (including phenoxy) is 1. The van der Waals surface area contributed by atoms with Crippen molar-refractivity contribution in [3.05, 3.63) is 92.3 Å². The molecule has 1 aliphatic carbocycles. The minimum Gasteiger partial charge on any atom is -0.443 e. The molecule has 2 aromatic carbocycles. The number of ketones is 1. The van der Waals surface area contributed by atoms with E-state index in [1.165, 1.54) is 0 Å². The molecule has 0 unspecified atom stereocenters. The van der Waals surface area contributed by atoms with Gasteiger partial charge >= 0.3 is 0 Å². The largest absolute Gasteiger partial charge is 0.443 e. The number of hydrogen-bond donors (Lipinski definition) is 0. The summed E-state index contributed by atoms with van der Waals surface area (Å²) in [5.41, 5.74) is 4.44. The Labute approximate surface area is 185 Å². The lowest BCUT2D eigenvalue weighted by Crippen LogP contribution is -2.26. The van der Waals surface area contributed by atoms with Gasteiger partial charge in [-0.1, -0.05) is 59.6 Å². The van der Waals surface area contributed by atoms with Gasteiger partial charge in [0, 0.05) is 39.9 Å². The van der Waals surface area contributed by atoms with Crippen LogP contribution in [-0.4, -0.2) is 15.6 Å². The van der Waals surface area contributed by atoms with Crippen LogP contribution in [0.4, 0.5) is 0 Å². The number of halogens is 2. The van der Waals surface area contributed by atoms with Crippen LogP contribution >= 0.6 is 23.2 Å². The van der Waals surface area contributed by atoms with Gasteiger partial charge in [0.05, 0.1) is 12.2 Å². The van der Waals surface area contributed by atoms with Crippen LogP contribution in [0.5, 0.6) is 5.88 Å². The van der Waals surface area contributed by atoms with Gasteiger partial charge in [-0.15, -0.1) is 0 Å². The van der Waals surface area contributed by atoms with Gasteiger partial charge in [0.1, 0.15) is 5.76 Å². The van der Waals surface area contributed by atoms with Crippen molar-refractivity contribution in [2.75, 3.05) is 0 Å². The first-order valence-electron chi connectivity index (χ1n) is 10.0. The second-order valence-electron chi connectivity index (χ2n) is 7.76. The van der Waals surface area contributed by atoms with E-state index in [-0.39, 0.29) is 11.7 Å². The zero-order chi connectivity index (χ0) is 20.8. The Morgan fingerprint density at radius 2 is 1.93 bits per heavy atom. The molecule has 1 atom stereocenters. The SMILES string of the molecule is Cc1nn(Cc2ccccc2)c2c1[C@@H](c1ccc(Cl)cc1Cl)C1=C(CCCC1=O)O2. The van der Waals surface area contributed by atoms with Crippen molar-refractivity contribution in [1.29, 1.82) is 0 Å². The number of hydrogen-bond acceptors (Lipinski definition) is 3. The average molecular weight is 439 g/mol. The van der Waals surface area contributed by atoms with Crippen molar-refractivity contribution in [1.82, 2.24) is 9.78 Å². The molecule has 2 heterocycles. The lowest BCUT2D eigenvalue weighted by molar-refractivity contribution is -0.116. The van der Waals surface area contributed by atoms with Gasteiger partial charge in [-0.05, 0) is 36.6 Å². The van der Waals surface area contributed by atoms with Crippen molar-refractivity contribution in [3.63, 3.8) is 0 Å². The second-order valence-corrected chi connectivity index (χ2v) is 8.61. The highest BCUT2D eigenvalue weighted by Gasteiger charge is 2.40. The van der Waals surface area contributed by atoms with E-state index in [4.69, 9.17) is 33.0 Å². The minimum atomic E-state index is -0.300. The van der Waals surface area contributed by atoms with Crippen LogP contribution in [0.3, 0.4) is 0 Å². The topological polar surface area (TPSA) is 44.1 Å². The fraction of sp³-hybridized carbons (Fsp3) is 0.250. The highest BCUT2D eigenvalue weighted by Crippen LogP contribution is 2.49. The smallest absolute Gasteiger partial charge is 0.222 e. The number of rotatable bonds is 3. The van der Waals surface area contributed by atoms with E-state index in [0.717, 1.165) is 41.0 Å². The van der Waals surface area contributed by atoms with E-state index >= 15 is 0 Å². The summed E-state index contributed by atoms with van der Waals surface area (Å²) in [6.07, 6.45) is 2.05. The minimum absolute atomic E-state index is 0.119. The van der Waals surface area contributed by atoms with Crippen LogP contribution in [0.15, 0.2) is 59.9 Å². The zero-order valence-corrected chi connectivity index (χ0v) is 18.0. The lowest BCUT2D eigenvalue weighted by atomic mass is 9.77. The maximum atomic E-state index is 13.0. The summed E-state index contributed by atoms with van der Waals surface area (Å²) in [6.45, 7) is 2.55. The molecule has 0 fully saturated rings. The van der Waals surface area contributed by atoms with E-state index in [2.05, 4.69) is 12.1 Å². The maximum Gasteiger partial charge on any atom is 0.222 e. The number of allylic oxidation sites excluding steroid dienone is 2. The standard InChI is InChI=1S/C24H20Cl2N2O2/c1-14-21-22(17-11-10-16(25)12-18(17)26)23-19(29)8-5-9-20(23)30-24(21)28(27-14)13-15-6-3-2-4-7-15/h2-4,6-7,10-12,22H,5,8-9,13H2,1H3/t22-/m1/s1. The third-order valence-corrected chi connectivity index (χ3v) is 6.34. The van der Waals surface area contributed by atoms with Gasteiger partial charge in [0.2, 0.25) is 5.88 Å². The van der Waals surface area contributed by atoms with Crippen LogP contribution in [0.25, 0.3) is 0 Å². The van der Waals surface area contributed by atoms with E-state index in [1.807, 2.05) is 41.9 Å². The maximum absolute atomic E-state index is 13.0. The summed E-state index contributed by atoms with van der Waals surface area (Å²) in [5.74, 6) is 1.25. The van der Waals surface area contributed by atoms with Gasteiger partial charge in [0.15, 0.2) is 5.78 Å². The van der Waals surface area contributed by atoms with Crippen molar-refractivity contribution >= 4 is 29.0 Å². The Balaban J connectivity index is 1.69. The molecule has 0 spiro atoms. The first-order chi connectivity index (χ1) is 14.5. The summed E-state index contributed by atoms with van der Waals surface area (Å²) in [5, 5.41) is 5.89. The van der Waals surface area contributed by atoms with Gasteiger partial charge in [-0.2, -0.15) is 5.10 Å². The fourth-order valence-corrected chi connectivity index (χ4v) is 4.97. The molecule has 1 aromatic heterocycles. The third-order valence-electron chi connectivity index (χ3n) is 5.78. The quantitative estimate of drug-likeness (QED) is 0.497.